The SMILES string of the molecule is COc1cc(F)ccc1N1CCN(C(=O)OC(C)(C)C)C[C@H]1C. The zero-order chi connectivity index (χ0) is 17.2. The van der Waals surface area contributed by atoms with Crippen LogP contribution in [-0.2, 0) is 4.74 Å². The second kappa shape index (κ2) is 6.64. The number of carbonyl (C=O) groups is 1. The third kappa shape index (κ3) is 4.27. The summed E-state index contributed by atoms with van der Waals surface area (Å²) < 4.78 is 24.1. The molecular formula is C17H25FN2O3. The fourth-order valence-corrected chi connectivity index (χ4v) is 2.70. The van der Waals surface area contributed by atoms with E-state index >= 15 is 0 Å². The quantitative estimate of drug-likeness (QED) is 0.837. The summed E-state index contributed by atoms with van der Waals surface area (Å²) in [6.45, 7) is 9.34. The molecule has 0 radical (unpaired) electrons. The molecule has 0 aromatic heterocycles. The third-order valence-electron chi connectivity index (χ3n) is 3.73. The molecule has 1 aromatic rings. The van der Waals surface area contributed by atoms with E-state index in [0.29, 0.717) is 25.4 Å². The smallest absolute Gasteiger partial charge is 0.410 e. The maximum atomic E-state index is 13.4. The molecule has 0 aliphatic carbocycles. The van der Waals surface area contributed by atoms with Crippen molar-refractivity contribution < 1.29 is 18.7 Å². The molecule has 23 heavy (non-hydrogen) atoms. The molecule has 1 atom stereocenters. The van der Waals surface area contributed by atoms with Gasteiger partial charge >= 0.3 is 6.09 Å². The van der Waals surface area contributed by atoms with Crippen LogP contribution >= 0.6 is 0 Å². The van der Waals surface area contributed by atoms with Crippen molar-refractivity contribution in [1.29, 1.82) is 0 Å². The minimum Gasteiger partial charge on any atom is -0.494 e. The van der Waals surface area contributed by atoms with E-state index in [0.717, 1.165) is 5.69 Å². The first kappa shape index (κ1) is 17.4. The largest absolute Gasteiger partial charge is 0.494 e. The molecule has 1 aromatic carbocycles. The van der Waals surface area contributed by atoms with Gasteiger partial charge in [0.2, 0.25) is 0 Å². The van der Waals surface area contributed by atoms with E-state index in [1.807, 2.05) is 27.7 Å². The van der Waals surface area contributed by atoms with Gasteiger partial charge in [0.15, 0.2) is 0 Å². The molecule has 0 spiro atoms. The molecule has 0 saturated carbocycles. The summed E-state index contributed by atoms with van der Waals surface area (Å²) in [5.41, 5.74) is 0.336. The Morgan fingerprint density at radius 1 is 1.30 bits per heavy atom. The number of methoxy groups -OCH3 is 1. The summed E-state index contributed by atoms with van der Waals surface area (Å²) in [6, 6.07) is 4.59. The number of rotatable bonds is 2. The highest BCUT2D eigenvalue weighted by Gasteiger charge is 2.31. The molecule has 5 nitrogen and oxygen atoms in total. The lowest BCUT2D eigenvalue weighted by molar-refractivity contribution is 0.0218. The predicted octanol–water partition coefficient (Wildman–Crippen LogP) is 3.28. The fourth-order valence-electron chi connectivity index (χ4n) is 2.70. The van der Waals surface area contributed by atoms with Crippen LogP contribution in [0, 0.1) is 5.82 Å². The van der Waals surface area contributed by atoms with Crippen LogP contribution in [0.15, 0.2) is 18.2 Å². The minimum atomic E-state index is -0.502. The molecule has 2 rings (SSSR count). The van der Waals surface area contributed by atoms with E-state index < -0.39 is 5.60 Å². The van der Waals surface area contributed by atoms with Crippen molar-refractivity contribution in [2.75, 3.05) is 31.6 Å². The fraction of sp³-hybridized carbons (Fsp3) is 0.588. The molecule has 1 aliphatic rings. The van der Waals surface area contributed by atoms with Crippen LogP contribution in [-0.4, -0.2) is 49.4 Å². The third-order valence-corrected chi connectivity index (χ3v) is 3.73. The van der Waals surface area contributed by atoms with Crippen molar-refractivity contribution in [3.63, 3.8) is 0 Å². The first-order valence-electron chi connectivity index (χ1n) is 7.79. The molecule has 0 N–H and O–H groups in total. The summed E-state index contributed by atoms with van der Waals surface area (Å²) in [4.78, 5) is 16.0. The number of halogens is 1. The molecule has 6 heteroatoms. The second-order valence-electron chi connectivity index (χ2n) is 6.78. The number of benzene rings is 1. The highest BCUT2D eigenvalue weighted by atomic mass is 19.1. The van der Waals surface area contributed by atoms with Gasteiger partial charge in [-0.25, -0.2) is 9.18 Å². The summed E-state index contributed by atoms with van der Waals surface area (Å²) in [5, 5.41) is 0. The van der Waals surface area contributed by atoms with Gasteiger partial charge in [0, 0.05) is 31.7 Å². The zero-order valence-electron chi connectivity index (χ0n) is 14.4. The molecule has 128 valence electrons. The van der Waals surface area contributed by atoms with E-state index in [1.54, 1.807) is 11.0 Å². The van der Waals surface area contributed by atoms with Crippen LogP contribution in [0.25, 0.3) is 0 Å². The summed E-state index contributed by atoms with van der Waals surface area (Å²) in [5.74, 6) is 0.174. The van der Waals surface area contributed by atoms with Gasteiger partial charge in [-0.05, 0) is 39.8 Å². The molecule has 1 saturated heterocycles. The van der Waals surface area contributed by atoms with Crippen LogP contribution in [0.5, 0.6) is 5.75 Å². The van der Waals surface area contributed by atoms with E-state index in [2.05, 4.69) is 4.90 Å². The van der Waals surface area contributed by atoms with Gasteiger partial charge in [-0.15, -0.1) is 0 Å². The highest BCUT2D eigenvalue weighted by molar-refractivity contribution is 5.69. The summed E-state index contributed by atoms with van der Waals surface area (Å²) >= 11 is 0. The van der Waals surface area contributed by atoms with Crippen molar-refractivity contribution in [3.05, 3.63) is 24.0 Å². The van der Waals surface area contributed by atoms with E-state index in [9.17, 15) is 9.18 Å². The van der Waals surface area contributed by atoms with Gasteiger partial charge in [0.1, 0.15) is 17.2 Å². The van der Waals surface area contributed by atoms with Crippen molar-refractivity contribution >= 4 is 11.8 Å². The van der Waals surface area contributed by atoms with Gasteiger partial charge in [-0.2, -0.15) is 0 Å². The van der Waals surface area contributed by atoms with Crippen molar-refractivity contribution in [2.45, 2.75) is 39.3 Å². The molecule has 1 aliphatic heterocycles. The normalized spacial score (nSPS) is 18.8. The van der Waals surface area contributed by atoms with Gasteiger partial charge < -0.3 is 19.3 Å². The first-order chi connectivity index (χ1) is 10.7. The minimum absolute atomic E-state index is 0.0793. The molecule has 0 unspecified atom stereocenters. The van der Waals surface area contributed by atoms with Crippen LogP contribution in [0.1, 0.15) is 27.7 Å². The van der Waals surface area contributed by atoms with Gasteiger partial charge in [0.05, 0.1) is 12.8 Å². The maximum Gasteiger partial charge on any atom is 0.410 e. The zero-order valence-corrected chi connectivity index (χ0v) is 14.4. The van der Waals surface area contributed by atoms with Crippen LogP contribution in [0.2, 0.25) is 0 Å². The second-order valence-corrected chi connectivity index (χ2v) is 6.78. The van der Waals surface area contributed by atoms with Crippen molar-refractivity contribution in [1.82, 2.24) is 4.90 Å². The monoisotopic (exact) mass is 324 g/mol. The van der Waals surface area contributed by atoms with Gasteiger partial charge in [0.25, 0.3) is 0 Å². The number of amides is 1. The number of piperazine rings is 1. The highest BCUT2D eigenvalue weighted by Crippen LogP contribution is 2.31. The van der Waals surface area contributed by atoms with Crippen LogP contribution in [0.3, 0.4) is 0 Å². The molecule has 1 amide bonds. The molecular weight excluding hydrogens is 299 g/mol. The molecule has 1 heterocycles. The Morgan fingerprint density at radius 2 is 2.00 bits per heavy atom. The lowest BCUT2D eigenvalue weighted by atomic mass is 10.1. The topological polar surface area (TPSA) is 42.0 Å². The number of nitrogens with zero attached hydrogens (tertiary/aromatic N) is 2. The number of hydrogen-bond donors (Lipinski definition) is 0. The number of hydrogen-bond acceptors (Lipinski definition) is 4. The van der Waals surface area contributed by atoms with Crippen molar-refractivity contribution in [2.24, 2.45) is 0 Å². The molecule has 0 bridgehead atoms. The average molecular weight is 324 g/mol. The Kier molecular flexibility index (Phi) is 5.02. The Labute approximate surface area is 137 Å². The van der Waals surface area contributed by atoms with Crippen molar-refractivity contribution in [3.8, 4) is 5.75 Å². The average Bonchev–Trinajstić information content (AvgIpc) is 2.45. The van der Waals surface area contributed by atoms with E-state index in [-0.39, 0.29) is 18.0 Å². The lowest BCUT2D eigenvalue weighted by Crippen LogP contribution is -2.54. The Hall–Kier alpha value is -1.98. The Morgan fingerprint density at radius 3 is 2.57 bits per heavy atom. The van der Waals surface area contributed by atoms with E-state index in [1.165, 1.54) is 19.2 Å². The van der Waals surface area contributed by atoms with Crippen LogP contribution < -0.4 is 9.64 Å². The summed E-state index contributed by atoms with van der Waals surface area (Å²) in [6.07, 6.45) is -0.296. The first-order valence-corrected chi connectivity index (χ1v) is 7.79. The predicted molar refractivity (Wildman–Crippen MR) is 87.6 cm³/mol. The number of anilines is 1. The summed E-state index contributed by atoms with van der Waals surface area (Å²) in [7, 11) is 1.53. The number of ether oxygens (including phenoxy) is 2. The Balaban J connectivity index is 2.09. The standard InChI is InChI=1S/C17H25FN2O3/c1-12-11-19(16(21)23-17(2,3)4)8-9-20(12)14-7-6-13(18)10-15(14)22-5/h6-7,10,12H,8-9,11H2,1-5H3/t12-/m1/s1. The van der Waals surface area contributed by atoms with Gasteiger partial charge in [-0.3, -0.25) is 0 Å². The molecule has 1 fully saturated rings. The number of carbonyl (C=O) groups excluding carboxylic acids is 1. The maximum absolute atomic E-state index is 13.4. The lowest BCUT2D eigenvalue weighted by Gasteiger charge is -2.41. The Bertz CT molecular complexity index is 571. The van der Waals surface area contributed by atoms with Gasteiger partial charge in [-0.1, -0.05) is 0 Å². The van der Waals surface area contributed by atoms with E-state index in [4.69, 9.17) is 9.47 Å². The van der Waals surface area contributed by atoms with Crippen LogP contribution in [0.4, 0.5) is 14.9 Å².